The summed E-state index contributed by atoms with van der Waals surface area (Å²) in [5.41, 5.74) is 2.74. The van der Waals surface area contributed by atoms with E-state index in [2.05, 4.69) is 33.2 Å². The molecule has 0 aliphatic heterocycles. The number of pyridine rings is 1. The Hall–Kier alpha value is -1.88. The number of aryl methyl sites for hydroxylation is 1. The number of carbonyl (C=O) groups is 1. The molecular weight excluding hydrogens is 354 g/mol. The number of carbonyl (C=O) groups excluding carboxylic acids is 1. The van der Waals surface area contributed by atoms with Gasteiger partial charge >= 0.3 is 0 Å². The van der Waals surface area contributed by atoms with Crippen LogP contribution >= 0.6 is 15.9 Å². The second kappa shape index (κ2) is 8.11. The molecular formula is C18H22BrN3O. The van der Waals surface area contributed by atoms with E-state index in [0.29, 0.717) is 5.56 Å². The molecule has 0 radical (unpaired) electrons. The molecule has 0 spiro atoms. The monoisotopic (exact) mass is 375 g/mol. The van der Waals surface area contributed by atoms with Gasteiger partial charge in [-0.25, -0.2) is 4.98 Å². The van der Waals surface area contributed by atoms with Gasteiger partial charge in [0.15, 0.2) is 0 Å². The molecule has 0 aliphatic rings. The standard InChI is InChI=1S/C18H22BrN3O/c1-4-5-10-22(3)18(23)14-6-9-17(20-12-14)21-16-8-7-15(19)11-13(16)2/h6-9,11-12H,4-5,10H2,1-3H3,(H,20,21). The van der Waals surface area contributed by atoms with Crippen LogP contribution in [0.1, 0.15) is 35.7 Å². The first-order valence-electron chi connectivity index (χ1n) is 7.76. The van der Waals surface area contributed by atoms with E-state index in [9.17, 15) is 4.79 Å². The Morgan fingerprint density at radius 2 is 2.09 bits per heavy atom. The highest BCUT2D eigenvalue weighted by atomic mass is 79.9. The summed E-state index contributed by atoms with van der Waals surface area (Å²) in [5.74, 6) is 0.737. The SMILES string of the molecule is CCCCN(C)C(=O)c1ccc(Nc2ccc(Br)cc2C)nc1. The normalized spacial score (nSPS) is 10.4. The summed E-state index contributed by atoms with van der Waals surface area (Å²) < 4.78 is 1.05. The van der Waals surface area contributed by atoms with Crippen LogP contribution in [0, 0.1) is 6.92 Å². The Bertz CT molecular complexity index is 670. The molecule has 122 valence electrons. The van der Waals surface area contributed by atoms with Gasteiger partial charge in [0, 0.05) is 29.9 Å². The van der Waals surface area contributed by atoms with Gasteiger partial charge in [0.05, 0.1) is 5.56 Å². The Morgan fingerprint density at radius 3 is 2.70 bits per heavy atom. The van der Waals surface area contributed by atoms with Gasteiger partial charge in [0.1, 0.15) is 5.82 Å². The maximum absolute atomic E-state index is 12.3. The quantitative estimate of drug-likeness (QED) is 0.790. The molecule has 0 atom stereocenters. The van der Waals surface area contributed by atoms with Crippen molar-refractivity contribution >= 4 is 33.3 Å². The summed E-state index contributed by atoms with van der Waals surface area (Å²) in [7, 11) is 1.83. The van der Waals surface area contributed by atoms with Gasteiger partial charge in [-0.05, 0) is 49.2 Å². The summed E-state index contributed by atoms with van der Waals surface area (Å²) >= 11 is 3.45. The number of hydrogen-bond donors (Lipinski definition) is 1. The maximum atomic E-state index is 12.3. The number of hydrogen-bond acceptors (Lipinski definition) is 3. The fourth-order valence-electron chi connectivity index (χ4n) is 2.22. The molecule has 4 nitrogen and oxygen atoms in total. The minimum atomic E-state index is 0.0114. The third-order valence-corrected chi connectivity index (χ3v) is 4.15. The third kappa shape index (κ3) is 4.79. The molecule has 5 heteroatoms. The highest BCUT2D eigenvalue weighted by Gasteiger charge is 2.11. The highest BCUT2D eigenvalue weighted by molar-refractivity contribution is 9.10. The van der Waals surface area contributed by atoms with Crippen LogP contribution in [0.2, 0.25) is 0 Å². The lowest BCUT2D eigenvalue weighted by atomic mass is 10.2. The largest absolute Gasteiger partial charge is 0.342 e. The zero-order valence-electron chi connectivity index (χ0n) is 13.8. The Morgan fingerprint density at radius 1 is 1.30 bits per heavy atom. The Balaban J connectivity index is 2.05. The zero-order chi connectivity index (χ0) is 16.8. The first-order chi connectivity index (χ1) is 11.0. The molecule has 0 bridgehead atoms. The lowest BCUT2D eigenvalue weighted by molar-refractivity contribution is 0.0793. The van der Waals surface area contributed by atoms with E-state index in [4.69, 9.17) is 0 Å². The smallest absolute Gasteiger partial charge is 0.255 e. The number of nitrogens with zero attached hydrogens (tertiary/aromatic N) is 2. The van der Waals surface area contributed by atoms with Crippen molar-refractivity contribution in [2.75, 3.05) is 18.9 Å². The zero-order valence-corrected chi connectivity index (χ0v) is 15.4. The Labute approximate surface area is 146 Å². The van der Waals surface area contributed by atoms with Gasteiger partial charge in [-0.3, -0.25) is 4.79 Å². The minimum absolute atomic E-state index is 0.0114. The number of nitrogens with one attached hydrogen (secondary N) is 1. The van der Waals surface area contributed by atoms with Crippen LogP contribution < -0.4 is 5.32 Å². The fraction of sp³-hybridized carbons (Fsp3) is 0.333. The van der Waals surface area contributed by atoms with E-state index in [1.807, 2.05) is 44.3 Å². The number of unbranched alkanes of at least 4 members (excludes halogenated alkanes) is 1. The molecule has 0 unspecified atom stereocenters. The van der Waals surface area contributed by atoms with E-state index in [1.54, 1.807) is 11.1 Å². The van der Waals surface area contributed by atoms with Crippen molar-refractivity contribution in [1.82, 2.24) is 9.88 Å². The van der Waals surface area contributed by atoms with Crippen molar-refractivity contribution in [3.8, 4) is 0 Å². The van der Waals surface area contributed by atoms with E-state index < -0.39 is 0 Å². The predicted octanol–water partition coefficient (Wildman–Crippen LogP) is 4.77. The van der Waals surface area contributed by atoms with E-state index in [-0.39, 0.29) is 5.91 Å². The van der Waals surface area contributed by atoms with E-state index in [0.717, 1.165) is 40.9 Å². The Kier molecular flexibility index (Phi) is 6.16. The van der Waals surface area contributed by atoms with Crippen molar-refractivity contribution in [2.45, 2.75) is 26.7 Å². The van der Waals surface area contributed by atoms with Crippen LogP contribution in [0.3, 0.4) is 0 Å². The molecule has 2 aromatic rings. The van der Waals surface area contributed by atoms with Gasteiger partial charge in [0.25, 0.3) is 5.91 Å². The first-order valence-corrected chi connectivity index (χ1v) is 8.55. The number of anilines is 2. The van der Waals surface area contributed by atoms with Crippen molar-refractivity contribution in [3.05, 3.63) is 52.1 Å². The average molecular weight is 376 g/mol. The summed E-state index contributed by atoms with van der Waals surface area (Å²) in [6.07, 6.45) is 3.71. The molecule has 1 amide bonds. The van der Waals surface area contributed by atoms with Gasteiger partial charge in [-0.2, -0.15) is 0 Å². The lowest BCUT2D eigenvalue weighted by Gasteiger charge is -2.16. The topological polar surface area (TPSA) is 45.2 Å². The van der Waals surface area contributed by atoms with Crippen molar-refractivity contribution < 1.29 is 4.79 Å². The molecule has 0 fully saturated rings. The van der Waals surface area contributed by atoms with Gasteiger partial charge in [-0.1, -0.05) is 29.3 Å². The number of benzene rings is 1. The van der Waals surface area contributed by atoms with Crippen molar-refractivity contribution in [3.63, 3.8) is 0 Å². The highest BCUT2D eigenvalue weighted by Crippen LogP contribution is 2.23. The summed E-state index contributed by atoms with van der Waals surface area (Å²) in [6.45, 7) is 4.92. The predicted molar refractivity (Wildman–Crippen MR) is 98.3 cm³/mol. The van der Waals surface area contributed by atoms with Crippen LogP contribution in [-0.4, -0.2) is 29.4 Å². The first kappa shape index (κ1) is 17.5. The molecule has 0 aliphatic carbocycles. The molecule has 1 aromatic carbocycles. The van der Waals surface area contributed by atoms with E-state index in [1.165, 1.54) is 0 Å². The lowest BCUT2D eigenvalue weighted by Crippen LogP contribution is -2.27. The molecule has 1 N–H and O–H groups in total. The van der Waals surface area contributed by atoms with Crippen molar-refractivity contribution in [2.24, 2.45) is 0 Å². The van der Waals surface area contributed by atoms with Crippen LogP contribution in [0.4, 0.5) is 11.5 Å². The second-order valence-corrected chi connectivity index (χ2v) is 6.51. The van der Waals surface area contributed by atoms with Crippen molar-refractivity contribution in [1.29, 1.82) is 0 Å². The molecule has 23 heavy (non-hydrogen) atoms. The van der Waals surface area contributed by atoms with Crippen LogP contribution in [0.25, 0.3) is 0 Å². The number of aromatic nitrogens is 1. The van der Waals surface area contributed by atoms with Gasteiger partial charge in [0.2, 0.25) is 0 Å². The van der Waals surface area contributed by atoms with E-state index >= 15 is 0 Å². The second-order valence-electron chi connectivity index (χ2n) is 5.60. The van der Waals surface area contributed by atoms with Crippen LogP contribution in [0.15, 0.2) is 41.0 Å². The number of halogens is 1. The molecule has 1 heterocycles. The number of amides is 1. The minimum Gasteiger partial charge on any atom is -0.342 e. The fourth-order valence-corrected chi connectivity index (χ4v) is 2.69. The maximum Gasteiger partial charge on any atom is 0.255 e. The molecule has 0 saturated heterocycles. The van der Waals surface area contributed by atoms with Gasteiger partial charge < -0.3 is 10.2 Å². The molecule has 2 rings (SSSR count). The van der Waals surface area contributed by atoms with Gasteiger partial charge in [-0.15, -0.1) is 0 Å². The molecule has 0 saturated carbocycles. The summed E-state index contributed by atoms with van der Waals surface area (Å²) in [4.78, 5) is 18.4. The summed E-state index contributed by atoms with van der Waals surface area (Å²) in [5, 5.41) is 3.27. The van der Waals surface area contributed by atoms with Crippen LogP contribution in [0.5, 0.6) is 0 Å². The van der Waals surface area contributed by atoms with Crippen LogP contribution in [-0.2, 0) is 0 Å². The average Bonchev–Trinajstić information content (AvgIpc) is 2.55. The summed E-state index contributed by atoms with van der Waals surface area (Å²) in [6, 6.07) is 9.67. The number of rotatable bonds is 6. The molecule has 1 aromatic heterocycles. The third-order valence-electron chi connectivity index (χ3n) is 3.66.